The van der Waals surface area contributed by atoms with Crippen LogP contribution in [0.1, 0.15) is 12.2 Å². The van der Waals surface area contributed by atoms with Crippen LogP contribution in [0.4, 0.5) is 0 Å². The number of furan rings is 1. The second kappa shape index (κ2) is 7.53. The maximum atomic E-state index is 12.4. The smallest absolute Gasteiger partial charge is 0.236 e. The molecule has 2 fully saturated rings. The molecule has 3 rings (SSSR count). The van der Waals surface area contributed by atoms with E-state index in [0.717, 1.165) is 38.5 Å². The summed E-state index contributed by atoms with van der Waals surface area (Å²) in [4.78, 5) is 19.0. The fourth-order valence-corrected chi connectivity index (χ4v) is 4.39. The monoisotopic (exact) mass is 323 g/mol. The van der Waals surface area contributed by atoms with Gasteiger partial charge in [0.15, 0.2) is 0 Å². The Kier molecular flexibility index (Phi) is 5.44. The van der Waals surface area contributed by atoms with Crippen LogP contribution < -0.4 is 0 Å². The Morgan fingerprint density at radius 2 is 2.23 bits per heavy atom. The first kappa shape index (κ1) is 15.9. The lowest BCUT2D eigenvalue weighted by molar-refractivity contribution is -0.134. The summed E-state index contributed by atoms with van der Waals surface area (Å²) in [6, 6.07) is 4.51. The number of thioether (sulfide) groups is 1. The fraction of sp³-hybridized carbons (Fsp3) is 0.688. The number of hydrogen-bond acceptors (Lipinski definition) is 5. The summed E-state index contributed by atoms with van der Waals surface area (Å²) < 4.78 is 5.39. The van der Waals surface area contributed by atoms with Crippen LogP contribution in [0.25, 0.3) is 0 Å². The van der Waals surface area contributed by atoms with Gasteiger partial charge in [-0.3, -0.25) is 14.6 Å². The van der Waals surface area contributed by atoms with Gasteiger partial charge < -0.3 is 9.32 Å². The van der Waals surface area contributed by atoms with E-state index >= 15 is 0 Å². The molecule has 1 aromatic rings. The average molecular weight is 323 g/mol. The Labute approximate surface area is 136 Å². The van der Waals surface area contributed by atoms with E-state index in [9.17, 15) is 4.79 Å². The molecule has 2 aliphatic heterocycles. The molecule has 0 aromatic carbocycles. The van der Waals surface area contributed by atoms with Crippen molar-refractivity contribution in [1.82, 2.24) is 14.7 Å². The van der Waals surface area contributed by atoms with Gasteiger partial charge in [-0.25, -0.2) is 0 Å². The molecule has 22 heavy (non-hydrogen) atoms. The molecule has 0 saturated carbocycles. The zero-order valence-electron chi connectivity index (χ0n) is 13.2. The van der Waals surface area contributed by atoms with Gasteiger partial charge in [0.1, 0.15) is 5.76 Å². The topological polar surface area (TPSA) is 39.9 Å². The van der Waals surface area contributed by atoms with Crippen molar-refractivity contribution < 1.29 is 9.21 Å². The summed E-state index contributed by atoms with van der Waals surface area (Å²) in [5, 5.41) is 0. The van der Waals surface area contributed by atoms with E-state index in [-0.39, 0.29) is 5.91 Å². The highest BCUT2D eigenvalue weighted by atomic mass is 32.2. The van der Waals surface area contributed by atoms with Crippen LogP contribution in [0.3, 0.4) is 0 Å². The van der Waals surface area contributed by atoms with E-state index in [1.807, 2.05) is 28.8 Å². The molecule has 5 nitrogen and oxygen atoms in total. The zero-order chi connectivity index (χ0) is 15.4. The summed E-state index contributed by atoms with van der Waals surface area (Å²) in [6.07, 6.45) is 2.93. The lowest BCUT2D eigenvalue weighted by atomic mass is 10.2. The van der Waals surface area contributed by atoms with Crippen LogP contribution >= 0.6 is 11.8 Å². The predicted octanol–water partition coefficient (Wildman–Crippen LogP) is 1.36. The second-order valence-electron chi connectivity index (χ2n) is 6.17. The van der Waals surface area contributed by atoms with Crippen molar-refractivity contribution in [3.05, 3.63) is 24.2 Å². The number of carbonyl (C=O) groups excluding carboxylic acids is 1. The van der Waals surface area contributed by atoms with E-state index in [1.54, 1.807) is 6.26 Å². The van der Waals surface area contributed by atoms with Crippen molar-refractivity contribution in [3.8, 4) is 0 Å². The first-order valence-corrected chi connectivity index (χ1v) is 9.18. The molecule has 0 N–H and O–H groups in total. The molecule has 122 valence electrons. The number of carbonyl (C=O) groups is 1. The number of rotatable bonds is 5. The Morgan fingerprint density at radius 3 is 2.86 bits per heavy atom. The lowest BCUT2D eigenvalue weighted by Crippen LogP contribution is -2.51. The van der Waals surface area contributed by atoms with Gasteiger partial charge in [0.2, 0.25) is 5.91 Å². The number of likely N-dealkylation sites (N-methyl/N-ethyl adjacent to an activating group) is 1. The van der Waals surface area contributed by atoms with Crippen LogP contribution in [0.5, 0.6) is 0 Å². The highest BCUT2D eigenvalue weighted by Gasteiger charge is 2.26. The summed E-state index contributed by atoms with van der Waals surface area (Å²) in [7, 11) is 2.08. The highest BCUT2D eigenvalue weighted by Crippen LogP contribution is 2.21. The van der Waals surface area contributed by atoms with Gasteiger partial charge >= 0.3 is 0 Å². The van der Waals surface area contributed by atoms with Crippen molar-refractivity contribution in [3.63, 3.8) is 0 Å². The average Bonchev–Trinajstić information content (AvgIpc) is 3.21. The molecular formula is C16H25N3O2S. The molecule has 6 heteroatoms. The van der Waals surface area contributed by atoms with Crippen LogP contribution in [0.2, 0.25) is 0 Å². The molecule has 0 bridgehead atoms. The van der Waals surface area contributed by atoms with Gasteiger partial charge in [-0.15, -0.1) is 0 Å². The minimum absolute atomic E-state index is 0.275. The Morgan fingerprint density at radius 1 is 1.41 bits per heavy atom. The normalized spacial score (nSPS) is 23.4. The largest absolute Gasteiger partial charge is 0.468 e. The van der Waals surface area contributed by atoms with Crippen LogP contribution in [0, 0.1) is 0 Å². The SMILES string of the molecule is CN(CC(=O)N1CCN(Cc2ccco2)CC1)[C@H]1CCSC1. The van der Waals surface area contributed by atoms with Crippen molar-refractivity contribution in [1.29, 1.82) is 0 Å². The molecule has 0 unspecified atom stereocenters. The Bertz CT molecular complexity index is 466. The maximum absolute atomic E-state index is 12.4. The van der Waals surface area contributed by atoms with Gasteiger partial charge in [0, 0.05) is 38.0 Å². The van der Waals surface area contributed by atoms with Crippen molar-refractivity contribution >= 4 is 17.7 Å². The number of nitrogens with zero attached hydrogens (tertiary/aromatic N) is 3. The second-order valence-corrected chi connectivity index (χ2v) is 7.32. The van der Waals surface area contributed by atoms with Gasteiger partial charge in [0.05, 0.1) is 19.4 Å². The van der Waals surface area contributed by atoms with Gasteiger partial charge in [0.25, 0.3) is 0 Å². The molecule has 0 radical (unpaired) electrons. The molecule has 2 aliphatic rings. The van der Waals surface area contributed by atoms with Crippen molar-refractivity contribution in [2.45, 2.75) is 19.0 Å². The minimum Gasteiger partial charge on any atom is -0.468 e. The quantitative estimate of drug-likeness (QED) is 0.818. The van der Waals surface area contributed by atoms with Crippen LogP contribution in [0.15, 0.2) is 22.8 Å². The third-order valence-corrected chi connectivity index (χ3v) is 5.74. The van der Waals surface area contributed by atoms with Gasteiger partial charge in [-0.05, 0) is 31.4 Å². The summed E-state index contributed by atoms with van der Waals surface area (Å²) in [5.41, 5.74) is 0. The maximum Gasteiger partial charge on any atom is 0.236 e. The first-order valence-electron chi connectivity index (χ1n) is 8.03. The number of amides is 1. The standard InChI is InChI=1S/C16H25N3O2S/c1-17(14-4-10-22-13-14)12-16(20)19-7-5-18(6-8-19)11-15-3-2-9-21-15/h2-3,9,14H,4-8,10-13H2,1H3/t14-/m0/s1. The highest BCUT2D eigenvalue weighted by molar-refractivity contribution is 7.99. The molecule has 1 aromatic heterocycles. The van der Waals surface area contributed by atoms with Crippen LogP contribution in [-0.4, -0.2) is 77.9 Å². The summed E-state index contributed by atoms with van der Waals surface area (Å²) in [5.74, 6) is 3.67. The zero-order valence-corrected chi connectivity index (χ0v) is 14.1. The number of piperazine rings is 1. The van der Waals surface area contributed by atoms with E-state index < -0.39 is 0 Å². The van der Waals surface area contributed by atoms with Crippen LogP contribution in [-0.2, 0) is 11.3 Å². The van der Waals surface area contributed by atoms with Crippen molar-refractivity contribution in [2.24, 2.45) is 0 Å². The molecule has 1 amide bonds. The molecule has 0 aliphatic carbocycles. The molecule has 2 saturated heterocycles. The molecular weight excluding hydrogens is 298 g/mol. The Balaban J connectivity index is 1.41. The van der Waals surface area contributed by atoms with Gasteiger partial charge in [-0.2, -0.15) is 11.8 Å². The van der Waals surface area contributed by atoms with Crippen molar-refractivity contribution in [2.75, 3.05) is 51.3 Å². The minimum atomic E-state index is 0.275. The van der Waals surface area contributed by atoms with E-state index in [0.29, 0.717) is 12.6 Å². The van der Waals surface area contributed by atoms with E-state index in [1.165, 1.54) is 17.9 Å². The third kappa shape index (κ3) is 4.06. The third-order valence-electron chi connectivity index (χ3n) is 4.60. The molecule has 3 heterocycles. The first-order chi connectivity index (χ1) is 10.7. The lowest BCUT2D eigenvalue weighted by Gasteiger charge is -2.35. The summed E-state index contributed by atoms with van der Waals surface area (Å²) >= 11 is 1.99. The molecule has 0 spiro atoms. The van der Waals surface area contributed by atoms with Gasteiger partial charge in [-0.1, -0.05) is 0 Å². The predicted molar refractivity (Wildman–Crippen MR) is 88.9 cm³/mol. The number of hydrogen-bond donors (Lipinski definition) is 0. The summed E-state index contributed by atoms with van der Waals surface area (Å²) in [6.45, 7) is 4.90. The fourth-order valence-electron chi connectivity index (χ4n) is 3.09. The molecule has 1 atom stereocenters. The van der Waals surface area contributed by atoms with E-state index in [4.69, 9.17) is 4.42 Å². The Hall–Kier alpha value is -0.980. The van der Waals surface area contributed by atoms with E-state index in [2.05, 4.69) is 16.8 Å².